The summed E-state index contributed by atoms with van der Waals surface area (Å²) in [5.41, 5.74) is 0.679. The van der Waals surface area contributed by atoms with Crippen LogP contribution in [0.4, 0.5) is 0 Å². The molecule has 1 amide bonds. The Hall–Kier alpha value is -1.82. The van der Waals surface area contributed by atoms with Crippen LogP contribution in [0.3, 0.4) is 0 Å². The van der Waals surface area contributed by atoms with E-state index in [0.717, 1.165) is 0 Å². The summed E-state index contributed by atoms with van der Waals surface area (Å²) in [6, 6.07) is 2.90. The Labute approximate surface area is 105 Å². The number of H-pyrrole nitrogens is 1. The van der Waals surface area contributed by atoms with Crippen LogP contribution in [0.5, 0.6) is 0 Å². The monoisotopic (exact) mass is 251 g/mol. The number of amides is 1. The lowest BCUT2D eigenvalue weighted by Gasteiger charge is -2.37. The minimum absolute atomic E-state index is 0.0430. The van der Waals surface area contributed by atoms with Crippen molar-refractivity contribution in [3.8, 4) is 0 Å². The van der Waals surface area contributed by atoms with Crippen molar-refractivity contribution in [3.63, 3.8) is 0 Å². The summed E-state index contributed by atoms with van der Waals surface area (Å²) in [6.45, 7) is 3.86. The average Bonchev–Trinajstić information content (AvgIpc) is 2.83. The Bertz CT molecular complexity index is 422. The van der Waals surface area contributed by atoms with Crippen molar-refractivity contribution in [1.82, 2.24) is 14.8 Å². The van der Waals surface area contributed by atoms with Crippen LogP contribution in [0.15, 0.2) is 18.3 Å². The van der Waals surface area contributed by atoms with Gasteiger partial charge < -0.3 is 15.0 Å². The number of hydrogen-bond acceptors (Lipinski definition) is 3. The van der Waals surface area contributed by atoms with Crippen LogP contribution in [-0.4, -0.2) is 57.9 Å². The molecular weight excluding hydrogens is 234 g/mol. The summed E-state index contributed by atoms with van der Waals surface area (Å²) in [5, 5.41) is 9.33. The molecule has 18 heavy (non-hydrogen) atoms. The molecule has 2 rings (SSSR count). The quantitative estimate of drug-likeness (QED) is 0.810. The molecule has 1 atom stereocenters. The first-order chi connectivity index (χ1) is 8.59. The number of hydrogen-bond donors (Lipinski definition) is 2. The number of aliphatic carboxylic acids is 1. The fraction of sp³-hybridized carbons (Fsp3) is 0.500. The number of carbonyl (C=O) groups is 2. The number of nitrogens with zero attached hydrogens (tertiary/aromatic N) is 2. The summed E-state index contributed by atoms with van der Waals surface area (Å²) < 4.78 is 0. The van der Waals surface area contributed by atoms with Gasteiger partial charge in [0.05, 0.1) is 0 Å². The lowest BCUT2D eigenvalue weighted by Crippen LogP contribution is -2.50. The van der Waals surface area contributed by atoms with Crippen molar-refractivity contribution in [2.45, 2.75) is 13.0 Å². The fourth-order valence-corrected chi connectivity index (χ4v) is 2.30. The van der Waals surface area contributed by atoms with Crippen LogP contribution in [0.1, 0.15) is 18.7 Å². The largest absolute Gasteiger partial charge is 0.480 e. The molecule has 1 fully saturated rings. The number of carbonyl (C=O) groups excluding carboxylic acids is 1. The second kappa shape index (κ2) is 5.22. The zero-order valence-electron chi connectivity index (χ0n) is 10.3. The number of carboxylic acid groups (broad SMARTS) is 1. The van der Waals surface area contributed by atoms with Crippen molar-refractivity contribution in [1.29, 1.82) is 0 Å². The molecule has 1 aromatic heterocycles. The van der Waals surface area contributed by atoms with Gasteiger partial charge in [-0.3, -0.25) is 14.5 Å². The van der Waals surface area contributed by atoms with E-state index in [1.165, 1.54) is 6.92 Å². The highest BCUT2D eigenvalue weighted by Crippen LogP contribution is 2.21. The smallest absolute Gasteiger partial charge is 0.327 e. The molecule has 2 N–H and O–H groups in total. The maximum Gasteiger partial charge on any atom is 0.327 e. The van der Waals surface area contributed by atoms with E-state index in [-0.39, 0.29) is 5.91 Å². The predicted octanol–water partition coefficient (Wildman–Crippen LogP) is 0.304. The highest BCUT2D eigenvalue weighted by molar-refractivity contribution is 5.75. The van der Waals surface area contributed by atoms with Gasteiger partial charge in [0.25, 0.3) is 0 Å². The van der Waals surface area contributed by atoms with Gasteiger partial charge >= 0.3 is 5.97 Å². The normalized spacial score (nSPS) is 18.6. The Kier molecular flexibility index (Phi) is 3.66. The van der Waals surface area contributed by atoms with Gasteiger partial charge in [-0.2, -0.15) is 0 Å². The Balaban J connectivity index is 2.06. The number of rotatable bonds is 3. The first-order valence-corrected chi connectivity index (χ1v) is 5.95. The van der Waals surface area contributed by atoms with Gasteiger partial charge in [-0.1, -0.05) is 0 Å². The van der Waals surface area contributed by atoms with Crippen molar-refractivity contribution in [2.24, 2.45) is 0 Å². The molecule has 0 aliphatic carbocycles. The maximum atomic E-state index is 11.4. The standard InChI is InChI=1S/C12H17N3O3/c1-9(16)14-5-7-15(8-6-14)11(12(17)18)10-3-2-4-13-10/h2-4,11,13H,5-8H2,1H3,(H,17,18). The average molecular weight is 251 g/mol. The number of aromatic amines is 1. The summed E-state index contributed by atoms with van der Waals surface area (Å²) in [4.78, 5) is 29.2. The molecule has 0 spiro atoms. The third-order valence-corrected chi connectivity index (χ3v) is 3.28. The lowest BCUT2D eigenvalue weighted by atomic mass is 10.1. The molecule has 1 unspecified atom stereocenters. The third-order valence-electron chi connectivity index (χ3n) is 3.28. The number of carboxylic acids is 1. The van der Waals surface area contributed by atoms with Crippen LogP contribution in [0.2, 0.25) is 0 Å². The van der Waals surface area contributed by atoms with Gasteiger partial charge in [-0.25, -0.2) is 0 Å². The topological polar surface area (TPSA) is 76.6 Å². The van der Waals surface area contributed by atoms with E-state index in [9.17, 15) is 14.7 Å². The van der Waals surface area contributed by atoms with Crippen LogP contribution in [0.25, 0.3) is 0 Å². The zero-order chi connectivity index (χ0) is 13.1. The van der Waals surface area contributed by atoms with E-state index in [0.29, 0.717) is 31.9 Å². The molecule has 1 aliphatic rings. The van der Waals surface area contributed by atoms with Crippen LogP contribution < -0.4 is 0 Å². The second-order valence-electron chi connectivity index (χ2n) is 4.41. The van der Waals surface area contributed by atoms with Gasteiger partial charge in [-0.15, -0.1) is 0 Å². The molecule has 1 aromatic rings. The zero-order valence-corrected chi connectivity index (χ0v) is 10.3. The van der Waals surface area contributed by atoms with E-state index < -0.39 is 12.0 Å². The van der Waals surface area contributed by atoms with Crippen molar-refractivity contribution >= 4 is 11.9 Å². The first kappa shape index (κ1) is 12.6. The number of nitrogens with one attached hydrogen (secondary N) is 1. The van der Waals surface area contributed by atoms with Gasteiger partial charge in [0.1, 0.15) is 6.04 Å². The number of piperazine rings is 1. The molecule has 6 nitrogen and oxygen atoms in total. The van der Waals surface area contributed by atoms with Gasteiger partial charge in [0.15, 0.2) is 0 Å². The van der Waals surface area contributed by atoms with Crippen molar-refractivity contribution in [3.05, 3.63) is 24.0 Å². The Morgan fingerprint density at radius 1 is 1.33 bits per heavy atom. The van der Waals surface area contributed by atoms with E-state index in [2.05, 4.69) is 4.98 Å². The van der Waals surface area contributed by atoms with Gasteiger partial charge in [0.2, 0.25) is 5.91 Å². The maximum absolute atomic E-state index is 11.4. The summed E-state index contributed by atoms with van der Waals surface area (Å²) in [7, 11) is 0. The summed E-state index contributed by atoms with van der Waals surface area (Å²) >= 11 is 0. The van der Waals surface area contributed by atoms with Gasteiger partial charge in [-0.05, 0) is 12.1 Å². The first-order valence-electron chi connectivity index (χ1n) is 5.95. The second-order valence-corrected chi connectivity index (χ2v) is 4.41. The molecule has 2 heterocycles. The Morgan fingerprint density at radius 2 is 2.00 bits per heavy atom. The fourth-order valence-electron chi connectivity index (χ4n) is 2.30. The molecule has 0 aromatic carbocycles. The Morgan fingerprint density at radius 3 is 2.44 bits per heavy atom. The highest BCUT2D eigenvalue weighted by Gasteiger charge is 2.31. The molecular formula is C12H17N3O3. The molecule has 0 radical (unpaired) electrons. The highest BCUT2D eigenvalue weighted by atomic mass is 16.4. The predicted molar refractivity (Wildman–Crippen MR) is 65.0 cm³/mol. The summed E-state index contributed by atoms with van der Waals surface area (Å²) in [6.07, 6.45) is 1.72. The molecule has 0 saturated carbocycles. The minimum Gasteiger partial charge on any atom is -0.480 e. The summed E-state index contributed by atoms with van der Waals surface area (Å²) in [5.74, 6) is -0.824. The molecule has 6 heteroatoms. The van der Waals surface area contributed by atoms with Crippen LogP contribution in [-0.2, 0) is 9.59 Å². The number of aromatic nitrogens is 1. The lowest BCUT2D eigenvalue weighted by molar-refractivity contribution is -0.145. The van der Waals surface area contributed by atoms with E-state index >= 15 is 0 Å². The molecule has 98 valence electrons. The van der Waals surface area contributed by atoms with E-state index in [1.807, 2.05) is 4.90 Å². The van der Waals surface area contributed by atoms with Crippen LogP contribution >= 0.6 is 0 Å². The molecule has 0 bridgehead atoms. The molecule has 1 aliphatic heterocycles. The van der Waals surface area contributed by atoms with E-state index in [1.54, 1.807) is 23.2 Å². The third kappa shape index (κ3) is 2.53. The van der Waals surface area contributed by atoms with E-state index in [4.69, 9.17) is 0 Å². The van der Waals surface area contributed by atoms with Crippen LogP contribution in [0, 0.1) is 0 Å². The van der Waals surface area contributed by atoms with Crippen molar-refractivity contribution in [2.75, 3.05) is 26.2 Å². The SMILES string of the molecule is CC(=O)N1CCN(C(C(=O)O)c2ccc[nH]2)CC1. The van der Waals surface area contributed by atoms with Gasteiger partial charge in [0, 0.05) is 45.0 Å². The minimum atomic E-state index is -0.867. The van der Waals surface area contributed by atoms with Crippen molar-refractivity contribution < 1.29 is 14.7 Å². The molecule has 1 saturated heterocycles.